The minimum Gasteiger partial charge on any atom is -0.489 e. The molecule has 3 aromatic rings. The van der Waals surface area contributed by atoms with Gasteiger partial charge >= 0.3 is 0 Å². The summed E-state index contributed by atoms with van der Waals surface area (Å²) in [6.45, 7) is 0.893. The van der Waals surface area contributed by atoms with E-state index in [1.807, 2.05) is 54.8 Å². The van der Waals surface area contributed by atoms with Crippen molar-refractivity contribution in [2.75, 3.05) is 6.26 Å². The highest BCUT2D eigenvalue weighted by Gasteiger charge is 2.06. The molecule has 0 spiro atoms. The molecule has 0 amide bonds. The quantitative estimate of drug-likeness (QED) is 0.479. The lowest BCUT2D eigenvalue weighted by Gasteiger charge is -2.11. The Balaban J connectivity index is 1.75. The molecule has 0 N–H and O–H groups in total. The van der Waals surface area contributed by atoms with Gasteiger partial charge in [0.25, 0.3) is 5.56 Å². The average molecular weight is 373 g/mol. The van der Waals surface area contributed by atoms with Gasteiger partial charge in [0.05, 0.1) is 6.54 Å². The lowest BCUT2D eigenvalue weighted by atomic mass is 10.2. The molecule has 0 aliphatic heterocycles. The van der Waals surface area contributed by atoms with E-state index < -0.39 is 0 Å². The summed E-state index contributed by atoms with van der Waals surface area (Å²) < 4.78 is 7.50. The monoisotopic (exact) mass is 372 g/mol. The SMILES string of the molecule is CSc1nccc(=O)n1Cc1cccc(OCc2cccc(Cl)c2)c1. The zero-order chi connectivity index (χ0) is 17.6. The summed E-state index contributed by atoms with van der Waals surface area (Å²) in [7, 11) is 0. The Hall–Kier alpha value is -2.24. The molecule has 0 bridgehead atoms. The Kier molecular flexibility index (Phi) is 5.79. The highest BCUT2D eigenvalue weighted by molar-refractivity contribution is 7.98. The molecular weight excluding hydrogens is 356 g/mol. The van der Waals surface area contributed by atoms with Crippen LogP contribution in [0.2, 0.25) is 5.02 Å². The predicted octanol–water partition coefficient (Wildman–Crippen LogP) is 4.25. The van der Waals surface area contributed by atoms with E-state index in [1.54, 1.807) is 4.57 Å². The van der Waals surface area contributed by atoms with Gasteiger partial charge in [0.1, 0.15) is 12.4 Å². The summed E-state index contributed by atoms with van der Waals surface area (Å²) in [5.74, 6) is 0.750. The molecule has 128 valence electrons. The van der Waals surface area contributed by atoms with Crippen molar-refractivity contribution >= 4 is 23.4 Å². The van der Waals surface area contributed by atoms with Gasteiger partial charge in [-0.15, -0.1) is 0 Å². The number of hydrogen-bond acceptors (Lipinski definition) is 4. The molecule has 1 heterocycles. The van der Waals surface area contributed by atoms with E-state index in [0.29, 0.717) is 23.3 Å². The number of rotatable bonds is 6. The Labute approximate surface area is 155 Å². The fraction of sp³-hybridized carbons (Fsp3) is 0.158. The van der Waals surface area contributed by atoms with Crippen LogP contribution in [-0.2, 0) is 13.2 Å². The second-order valence-corrected chi connectivity index (χ2v) is 6.63. The number of aromatic nitrogens is 2. The molecule has 0 radical (unpaired) electrons. The van der Waals surface area contributed by atoms with E-state index in [-0.39, 0.29) is 5.56 Å². The zero-order valence-corrected chi connectivity index (χ0v) is 15.3. The maximum absolute atomic E-state index is 12.1. The van der Waals surface area contributed by atoms with Crippen LogP contribution in [0.3, 0.4) is 0 Å². The molecule has 3 rings (SSSR count). The molecule has 0 saturated heterocycles. The van der Waals surface area contributed by atoms with Crippen molar-refractivity contribution in [2.24, 2.45) is 0 Å². The number of thioether (sulfide) groups is 1. The van der Waals surface area contributed by atoms with Gasteiger partial charge in [-0.1, -0.05) is 47.6 Å². The van der Waals surface area contributed by atoms with Crippen LogP contribution in [0.25, 0.3) is 0 Å². The van der Waals surface area contributed by atoms with Crippen LogP contribution in [0.1, 0.15) is 11.1 Å². The highest BCUT2D eigenvalue weighted by atomic mass is 35.5. The summed E-state index contributed by atoms with van der Waals surface area (Å²) in [4.78, 5) is 16.3. The van der Waals surface area contributed by atoms with Crippen LogP contribution in [-0.4, -0.2) is 15.8 Å². The number of halogens is 1. The van der Waals surface area contributed by atoms with Gasteiger partial charge in [-0.05, 0) is 41.6 Å². The first kappa shape index (κ1) is 17.6. The first-order chi connectivity index (χ1) is 12.2. The number of nitrogens with zero attached hydrogens (tertiary/aromatic N) is 2. The maximum atomic E-state index is 12.1. The Morgan fingerprint density at radius 1 is 1.12 bits per heavy atom. The number of ether oxygens (including phenoxy) is 1. The van der Waals surface area contributed by atoms with Gasteiger partial charge in [-0.3, -0.25) is 9.36 Å². The van der Waals surface area contributed by atoms with Crippen LogP contribution in [0.4, 0.5) is 0 Å². The van der Waals surface area contributed by atoms with Crippen LogP contribution >= 0.6 is 23.4 Å². The summed E-state index contributed by atoms with van der Waals surface area (Å²) >= 11 is 7.44. The van der Waals surface area contributed by atoms with Crippen LogP contribution < -0.4 is 10.3 Å². The van der Waals surface area contributed by atoms with Crippen LogP contribution in [0, 0.1) is 0 Å². The predicted molar refractivity (Wildman–Crippen MR) is 102 cm³/mol. The highest BCUT2D eigenvalue weighted by Crippen LogP contribution is 2.18. The topological polar surface area (TPSA) is 44.1 Å². The molecule has 0 fully saturated rings. The molecule has 1 aromatic heterocycles. The van der Waals surface area contributed by atoms with Crippen molar-refractivity contribution in [3.05, 3.63) is 87.3 Å². The van der Waals surface area contributed by atoms with Gasteiger partial charge in [0.2, 0.25) is 0 Å². The molecule has 2 aromatic carbocycles. The van der Waals surface area contributed by atoms with Crippen LogP contribution in [0.5, 0.6) is 5.75 Å². The number of hydrogen-bond donors (Lipinski definition) is 0. The third-order valence-corrected chi connectivity index (χ3v) is 4.54. The summed E-state index contributed by atoms with van der Waals surface area (Å²) in [6.07, 6.45) is 3.44. The normalized spacial score (nSPS) is 10.6. The van der Waals surface area contributed by atoms with E-state index in [1.165, 1.54) is 24.0 Å². The summed E-state index contributed by atoms with van der Waals surface area (Å²) in [5, 5.41) is 1.38. The van der Waals surface area contributed by atoms with Crippen molar-refractivity contribution in [3.8, 4) is 5.75 Å². The summed E-state index contributed by atoms with van der Waals surface area (Å²) in [6, 6.07) is 16.8. The van der Waals surface area contributed by atoms with Crippen LogP contribution in [0.15, 0.2) is 70.7 Å². The lowest BCUT2D eigenvalue weighted by molar-refractivity contribution is 0.306. The van der Waals surface area contributed by atoms with E-state index in [9.17, 15) is 4.79 Å². The van der Waals surface area contributed by atoms with Gasteiger partial charge in [-0.25, -0.2) is 4.98 Å². The van der Waals surface area contributed by atoms with E-state index in [4.69, 9.17) is 16.3 Å². The molecule has 0 unspecified atom stereocenters. The minimum absolute atomic E-state index is 0.0652. The van der Waals surface area contributed by atoms with E-state index in [0.717, 1.165) is 16.9 Å². The van der Waals surface area contributed by atoms with Gasteiger partial charge < -0.3 is 4.74 Å². The van der Waals surface area contributed by atoms with Crippen molar-refractivity contribution in [3.63, 3.8) is 0 Å². The minimum atomic E-state index is -0.0652. The van der Waals surface area contributed by atoms with Crippen molar-refractivity contribution in [2.45, 2.75) is 18.3 Å². The fourth-order valence-corrected chi connectivity index (χ4v) is 3.19. The third kappa shape index (κ3) is 4.65. The lowest BCUT2D eigenvalue weighted by Crippen LogP contribution is -2.22. The first-order valence-corrected chi connectivity index (χ1v) is 9.32. The van der Waals surface area contributed by atoms with E-state index >= 15 is 0 Å². The Morgan fingerprint density at radius 3 is 2.72 bits per heavy atom. The maximum Gasteiger partial charge on any atom is 0.254 e. The molecule has 0 saturated carbocycles. The molecular formula is C19H17ClN2O2S. The fourth-order valence-electron chi connectivity index (χ4n) is 2.44. The van der Waals surface area contributed by atoms with Gasteiger partial charge in [0.15, 0.2) is 5.16 Å². The number of benzene rings is 2. The third-order valence-electron chi connectivity index (χ3n) is 3.62. The van der Waals surface area contributed by atoms with E-state index in [2.05, 4.69) is 4.98 Å². The molecule has 0 atom stereocenters. The molecule has 25 heavy (non-hydrogen) atoms. The van der Waals surface area contributed by atoms with Crippen molar-refractivity contribution < 1.29 is 4.74 Å². The smallest absolute Gasteiger partial charge is 0.254 e. The van der Waals surface area contributed by atoms with Gasteiger partial charge in [0, 0.05) is 17.3 Å². The zero-order valence-electron chi connectivity index (χ0n) is 13.7. The first-order valence-electron chi connectivity index (χ1n) is 7.72. The average Bonchev–Trinajstić information content (AvgIpc) is 2.62. The molecule has 0 aliphatic carbocycles. The second kappa shape index (κ2) is 8.23. The molecule has 6 heteroatoms. The standard InChI is InChI=1S/C19H17ClN2O2S/c1-25-19-21-9-8-18(23)22(19)12-14-4-3-7-17(11-14)24-13-15-5-2-6-16(20)10-15/h2-11H,12-13H2,1H3. The van der Waals surface area contributed by atoms with Crippen molar-refractivity contribution in [1.29, 1.82) is 0 Å². The summed E-state index contributed by atoms with van der Waals surface area (Å²) in [5.41, 5.74) is 1.92. The van der Waals surface area contributed by atoms with Gasteiger partial charge in [-0.2, -0.15) is 0 Å². The Morgan fingerprint density at radius 2 is 1.92 bits per heavy atom. The Bertz CT molecular complexity index is 927. The van der Waals surface area contributed by atoms with Crippen molar-refractivity contribution in [1.82, 2.24) is 9.55 Å². The largest absolute Gasteiger partial charge is 0.489 e. The second-order valence-electron chi connectivity index (χ2n) is 5.42. The molecule has 4 nitrogen and oxygen atoms in total. The molecule has 0 aliphatic rings.